The number of nitrogens with zero attached hydrogens (tertiary/aromatic N) is 1. The molecule has 0 spiro atoms. The van der Waals surface area contributed by atoms with E-state index in [2.05, 4.69) is 24.1 Å². The minimum atomic E-state index is 0.658. The topological polar surface area (TPSA) is 15.3 Å². The molecule has 0 aromatic heterocycles. The molecule has 2 fully saturated rings. The van der Waals surface area contributed by atoms with Crippen molar-refractivity contribution < 1.29 is 0 Å². The molecule has 2 nitrogen and oxygen atoms in total. The maximum absolute atomic E-state index is 3.44. The molecule has 13 heavy (non-hydrogen) atoms. The SMILES string of the molecule is CC1CNCCN1CC1(C)CCC1. The van der Waals surface area contributed by atoms with Crippen LogP contribution in [0.3, 0.4) is 0 Å². The van der Waals surface area contributed by atoms with E-state index in [0.29, 0.717) is 5.41 Å². The summed E-state index contributed by atoms with van der Waals surface area (Å²) in [6, 6.07) is 0.742. The summed E-state index contributed by atoms with van der Waals surface area (Å²) in [5, 5.41) is 3.44. The minimum Gasteiger partial charge on any atom is -0.314 e. The van der Waals surface area contributed by atoms with Gasteiger partial charge in [0.15, 0.2) is 0 Å². The first-order valence-corrected chi connectivity index (χ1v) is 5.64. The Balaban J connectivity index is 1.85. The molecule has 0 amide bonds. The molecule has 2 aliphatic rings. The van der Waals surface area contributed by atoms with Gasteiger partial charge in [0.25, 0.3) is 0 Å². The largest absolute Gasteiger partial charge is 0.314 e. The van der Waals surface area contributed by atoms with Gasteiger partial charge < -0.3 is 5.32 Å². The lowest BCUT2D eigenvalue weighted by Crippen LogP contribution is -2.53. The molecule has 2 heteroatoms. The van der Waals surface area contributed by atoms with Gasteiger partial charge >= 0.3 is 0 Å². The Hall–Kier alpha value is -0.0800. The number of piperazine rings is 1. The van der Waals surface area contributed by atoms with Gasteiger partial charge in [0.05, 0.1) is 0 Å². The molecular formula is C11H22N2. The van der Waals surface area contributed by atoms with Crippen LogP contribution in [0.1, 0.15) is 33.1 Å². The Morgan fingerprint density at radius 1 is 1.46 bits per heavy atom. The van der Waals surface area contributed by atoms with Gasteiger partial charge in [-0.15, -0.1) is 0 Å². The van der Waals surface area contributed by atoms with E-state index >= 15 is 0 Å². The highest BCUT2D eigenvalue weighted by atomic mass is 15.2. The van der Waals surface area contributed by atoms with Gasteiger partial charge in [-0.3, -0.25) is 4.90 Å². The molecule has 1 saturated heterocycles. The monoisotopic (exact) mass is 182 g/mol. The third-order valence-corrected chi connectivity index (χ3v) is 3.78. The van der Waals surface area contributed by atoms with Gasteiger partial charge in [0.1, 0.15) is 0 Å². The summed E-state index contributed by atoms with van der Waals surface area (Å²) in [6.07, 6.45) is 4.35. The van der Waals surface area contributed by atoms with E-state index in [9.17, 15) is 0 Å². The van der Waals surface area contributed by atoms with Gasteiger partial charge in [0.2, 0.25) is 0 Å². The Labute approximate surface area is 81.7 Å². The van der Waals surface area contributed by atoms with Gasteiger partial charge in [-0.1, -0.05) is 13.3 Å². The Morgan fingerprint density at radius 3 is 2.77 bits per heavy atom. The van der Waals surface area contributed by atoms with Crippen molar-refractivity contribution in [1.29, 1.82) is 0 Å². The maximum atomic E-state index is 3.44. The summed E-state index contributed by atoms with van der Waals surface area (Å²) in [5.41, 5.74) is 0.658. The van der Waals surface area contributed by atoms with Crippen LogP contribution in [0.2, 0.25) is 0 Å². The molecule has 2 rings (SSSR count). The van der Waals surface area contributed by atoms with Crippen LogP contribution in [-0.2, 0) is 0 Å². The second-order valence-electron chi connectivity index (χ2n) is 5.19. The highest BCUT2D eigenvalue weighted by Crippen LogP contribution is 2.41. The summed E-state index contributed by atoms with van der Waals surface area (Å²) < 4.78 is 0. The first kappa shape index (κ1) is 9.47. The Bertz CT molecular complexity index is 175. The van der Waals surface area contributed by atoms with Crippen LogP contribution < -0.4 is 5.32 Å². The number of hydrogen-bond acceptors (Lipinski definition) is 2. The van der Waals surface area contributed by atoms with Crippen molar-refractivity contribution in [3.05, 3.63) is 0 Å². The van der Waals surface area contributed by atoms with E-state index in [1.54, 1.807) is 0 Å². The maximum Gasteiger partial charge on any atom is 0.0193 e. The zero-order chi connectivity index (χ0) is 9.31. The highest BCUT2D eigenvalue weighted by molar-refractivity contribution is 4.89. The minimum absolute atomic E-state index is 0.658. The fraction of sp³-hybridized carbons (Fsp3) is 1.00. The molecule has 0 radical (unpaired) electrons. The second-order valence-corrected chi connectivity index (χ2v) is 5.19. The summed E-state index contributed by atoms with van der Waals surface area (Å²) >= 11 is 0. The van der Waals surface area contributed by atoms with Crippen molar-refractivity contribution in [3.63, 3.8) is 0 Å². The van der Waals surface area contributed by atoms with Crippen LogP contribution in [0, 0.1) is 5.41 Å². The fourth-order valence-electron chi connectivity index (χ4n) is 2.55. The van der Waals surface area contributed by atoms with Crippen LogP contribution in [0.4, 0.5) is 0 Å². The van der Waals surface area contributed by atoms with E-state index in [4.69, 9.17) is 0 Å². The van der Waals surface area contributed by atoms with E-state index in [-0.39, 0.29) is 0 Å². The number of hydrogen-bond donors (Lipinski definition) is 1. The quantitative estimate of drug-likeness (QED) is 0.695. The van der Waals surface area contributed by atoms with E-state index in [1.165, 1.54) is 45.4 Å². The van der Waals surface area contributed by atoms with Crippen molar-refractivity contribution in [2.24, 2.45) is 5.41 Å². The first-order chi connectivity index (χ1) is 6.20. The van der Waals surface area contributed by atoms with Crippen molar-refractivity contribution >= 4 is 0 Å². The standard InChI is InChI=1S/C11H22N2/c1-10-8-12-6-7-13(10)9-11(2)4-3-5-11/h10,12H,3-9H2,1-2H3. The lowest BCUT2D eigenvalue weighted by molar-refractivity contribution is 0.0535. The molecule has 0 bridgehead atoms. The molecule has 76 valence electrons. The molecule has 1 unspecified atom stereocenters. The second kappa shape index (κ2) is 3.58. The number of nitrogens with one attached hydrogen (secondary N) is 1. The molecule has 1 atom stereocenters. The lowest BCUT2D eigenvalue weighted by Gasteiger charge is -2.45. The highest BCUT2D eigenvalue weighted by Gasteiger charge is 2.35. The van der Waals surface area contributed by atoms with Crippen molar-refractivity contribution in [1.82, 2.24) is 10.2 Å². The average Bonchev–Trinajstić information content (AvgIpc) is 2.06. The zero-order valence-electron chi connectivity index (χ0n) is 8.97. The van der Waals surface area contributed by atoms with Crippen LogP contribution in [0.15, 0.2) is 0 Å². The predicted molar refractivity (Wildman–Crippen MR) is 55.9 cm³/mol. The molecule has 1 saturated carbocycles. The van der Waals surface area contributed by atoms with E-state index in [0.717, 1.165) is 6.04 Å². The fourth-order valence-corrected chi connectivity index (χ4v) is 2.55. The predicted octanol–water partition coefficient (Wildman–Crippen LogP) is 1.47. The number of rotatable bonds is 2. The smallest absolute Gasteiger partial charge is 0.0193 e. The van der Waals surface area contributed by atoms with Crippen molar-refractivity contribution in [3.8, 4) is 0 Å². The summed E-state index contributed by atoms with van der Waals surface area (Å²) in [7, 11) is 0. The molecule has 1 aliphatic heterocycles. The van der Waals surface area contributed by atoms with Crippen LogP contribution >= 0.6 is 0 Å². The van der Waals surface area contributed by atoms with Gasteiger partial charge in [-0.05, 0) is 25.2 Å². The average molecular weight is 182 g/mol. The van der Waals surface area contributed by atoms with Gasteiger partial charge in [-0.25, -0.2) is 0 Å². The van der Waals surface area contributed by atoms with E-state index in [1.807, 2.05) is 0 Å². The third-order valence-electron chi connectivity index (χ3n) is 3.78. The van der Waals surface area contributed by atoms with Crippen molar-refractivity contribution in [2.75, 3.05) is 26.2 Å². The Morgan fingerprint density at radius 2 is 2.23 bits per heavy atom. The van der Waals surface area contributed by atoms with Crippen LogP contribution in [-0.4, -0.2) is 37.1 Å². The zero-order valence-corrected chi connectivity index (χ0v) is 8.97. The summed E-state index contributed by atoms with van der Waals surface area (Å²) in [4.78, 5) is 2.66. The molecular weight excluding hydrogens is 160 g/mol. The molecule has 1 N–H and O–H groups in total. The molecule has 1 heterocycles. The molecule has 1 aliphatic carbocycles. The summed E-state index contributed by atoms with van der Waals surface area (Å²) in [5.74, 6) is 0. The Kier molecular flexibility index (Phi) is 2.61. The molecule has 0 aromatic rings. The third kappa shape index (κ3) is 2.05. The van der Waals surface area contributed by atoms with E-state index < -0.39 is 0 Å². The van der Waals surface area contributed by atoms with Crippen LogP contribution in [0.25, 0.3) is 0 Å². The van der Waals surface area contributed by atoms with Gasteiger partial charge in [0, 0.05) is 32.2 Å². The summed E-state index contributed by atoms with van der Waals surface area (Å²) in [6.45, 7) is 9.72. The first-order valence-electron chi connectivity index (χ1n) is 5.64. The molecule has 0 aromatic carbocycles. The lowest BCUT2D eigenvalue weighted by atomic mass is 9.70. The van der Waals surface area contributed by atoms with Gasteiger partial charge in [-0.2, -0.15) is 0 Å². The normalized spacial score (nSPS) is 34.2. The van der Waals surface area contributed by atoms with Crippen molar-refractivity contribution in [2.45, 2.75) is 39.2 Å². The van der Waals surface area contributed by atoms with Crippen LogP contribution in [0.5, 0.6) is 0 Å².